The van der Waals surface area contributed by atoms with Crippen LogP contribution in [0.1, 0.15) is 30.6 Å². The number of anilines is 1. The number of carbonyl (C=O) groups excluding carboxylic acids is 1. The number of nitrogens with zero attached hydrogens (tertiary/aromatic N) is 2. The molecule has 1 aromatic rings. The van der Waals surface area contributed by atoms with Crippen LogP contribution in [0.2, 0.25) is 0 Å². The van der Waals surface area contributed by atoms with E-state index in [1.54, 1.807) is 12.1 Å². The number of hydrogen-bond acceptors (Lipinski definition) is 3. The molecule has 0 radical (unpaired) electrons. The van der Waals surface area contributed by atoms with Gasteiger partial charge in [0, 0.05) is 31.1 Å². The van der Waals surface area contributed by atoms with E-state index in [0.29, 0.717) is 5.56 Å². The minimum absolute atomic E-state index is 0.178. The minimum atomic E-state index is -0.178. The lowest BCUT2D eigenvalue weighted by atomic mass is 10.2. The summed E-state index contributed by atoms with van der Waals surface area (Å²) in [5, 5.41) is 3.98. The summed E-state index contributed by atoms with van der Waals surface area (Å²) in [4.78, 5) is 13.7. The topological polar surface area (TPSA) is 44.7 Å². The van der Waals surface area contributed by atoms with Crippen LogP contribution in [0.3, 0.4) is 0 Å². The van der Waals surface area contributed by atoms with Gasteiger partial charge in [-0.05, 0) is 37.6 Å². The Morgan fingerprint density at radius 1 is 1.29 bits per heavy atom. The summed E-state index contributed by atoms with van der Waals surface area (Å²) in [6, 6.07) is 7.40. The fourth-order valence-electron chi connectivity index (χ4n) is 1.20. The fraction of sp³-hybridized carbons (Fsp3) is 0.385. The van der Waals surface area contributed by atoms with E-state index in [1.807, 2.05) is 45.0 Å². The van der Waals surface area contributed by atoms with Crippen LogP contribution < -0.4 is 10.3 Å². The zero-order chi connectivity index (χ0) is 12.8. The lowest BCUT2D eigenvalue weighted by Crippen LogP contribution is -2.19. The van der Waals surface area contributed by atoms with Crippen molar-refractivity contribution in [2.45, 2.75) is 20.3 Å². The maximum Gasteiger partial charge on any atom is 0.271 e. The smallest absolute Gasteiger partial charge is 0.271 e. The van der Waals surface area contributed by atoms with E-state index >= 15 is 0 Å². The quantitative estimate of drug-likeness (QED) is 0.640. The molecule has 0 fully saturated rings. The first-order valence-corrected chi connectivity index (χ1v) is 5.65. The van der Waals surface area contributed by atoms with Crippen LogP contribution in [0, 0.1) is 0 Å². The molecule has 92 valence electrons. The Hall–Kier alpha value is -1.84. The second-order valence-electron chi connectivity index (χ2n) is 4.08. The second kappa shape index (κ2) is 6.03. The van der Waals surface area contributed by atoms with Gasteiger partial charge in [0.15, 0.2) is 0 Å². The molecule has 0 spiro atoms. The van der Waals surface area contributed by atoms with Crippen LogP contribution in [0.25, 0.3) is 0 Å². The van der Waals surface area contributed by atoms with Gasteiger partial charge in [0.1, 0.15) is 0 Å². The predicted octanol–water partition coefficient (Wildman–Crippen LogP) is 2.27. The van der Waals surface area contributed by atoms with Crippen molar-refractivity contribution in [3.05, 3.63) is 29.8 Å². The molecule has 1 N–H and O–H groups in total. The van der Waals surface area contributed by atoms with Gasteiger partial charge in [-0.25, -0.2) is 5.43 Å². The molecule has 0 aliphatic rings. The third-order valence-corrected chi connectivity index (χ3v) is 2.51. The van der Waals surface area contributed by atoms with Gasteiger partial charge >= 0.3 is 0 Å². The summed E-state index contributed by atoms with van der Waals surface area (Å²) < 4.78 is 0. The fourth-order valence-corrected chi connectivity index (χ4v) is 1.20. The van der Waals surface area contributed by atoms with E-state index in [2.05, 4.69) is 10.5 Å². The Morgan fingerprint density at radius 3 is 2.35 bits per heavy atom. The lowest BCUT2D eigenvalue weighted by Gasteiger charge is -2.12. The Morgan fingerprint density at radius 2 is 1.88 bits per heavy atom. The van der Waals surface area contributed by atoms with Crippen molar-refractivity contribution in [3.8, 4) is 0 Å². The maximum absolute atomic E-state index is 11.7. The van der Waals surface area contributed by atoms with Gasteiger partial charge in [-0.15, -0.1) is 0 Å². The molecule has 1 aromatic carbocycles. The van der Waals surface area contributed by atoms with Crippen molar-refractivity contribution >= 4 is 17.3 Å². The highest BCUT2D eigenvalue weighted by molar-refractivity contribution is 5.95. The third kappa shape index (κ3) is 3.90. The molecule has 0 aromatic heterocycles. The maximum atomic E-state index is 11.7. The number of hydrazone groups is 1. The number of nitrogens with one attached hydrogen (secondary N) is 1. The van der Waals surface area contributed by atoms with E-state index in [1.165, 1.54) is 0 Å². The Labute approximate surface area is 102 Å². The average Bonchev–Trinajstić information content (AvgIpc) is 2.35. The summed E-state index contributed by atoms with van der Waals surface area (Å²) >= 11 is 0. The van der Waals surface area contributed by atoms with Crippen molar-refractivity contribution < 1.29 is 4.79 Å². The summed E-state index contributed by atoms with van der Waals surface area (Å²) in [5.41, 5.74) is 5.12. The van der Waals surface area contributed by atoms with Crippen molar-refractivity contribution in [3.63, 3.8) is 0 Å². The number of benzene rings is 1. The molecule has 1 rings (SSSR count). The van der Waals surface area contributed by atoms with Gasteiger partial charge in [0.2, 0.25) is 0 Å². The molecule has 4 heteroatoms. The van der Waals surface area contributed by atoms with Crippen LogP contribution in [0.4, 0.5) is 5.69 Å². The molecular formula is C13H19N3O. The Kier molecular flexibility index (Phi) is 4.69. The molecule has 0 atom stereocenters. The first-order valence-electron chi connectivity index (χ1n) is 5.65. The first kappa shape index (κ1) is 13.2. The van der Waals surface area contributed by atoms with Crippen molar-refractivity contribution in [2.24, 2.45) is 5.10 Å². The Balaban J connectivity index is 2.70. The summed E-state index contributed by atoms with van der Waals surface area (Å²) in [6.45, 7) is 3.88. The Bertz CT molecular complexity index is 407. The van der Waals surface area contributed by atoms with Crippen molar-refractivity contribution in [1.82, 2.24) is 5.43 Å². The van der Waals surface area contributed by atoms with Gasteiger partial charge in [-0.2, -0.15) is 5.10 Å². The highest BCUT2D eigenvalue weighted by Gasteiger charge is 2.04. The zero-order valence-electron chi connectivity index (χ0n) is 10.8. The van der Waals surface area contributed by atoms with Gasteiger partial charge in [0.25, 0.3) is 5.91 Å². The molecule has 4 nitrogen and oxygen atoms in total. The van der Waals surface area contributed by atoms with Crippen LogP contribution in [0.15, 0.2) is 29.4 Å². The monoisotopic (exact) mass is 233 g/mol. The van der Waals surface area contributed by atoms with Crippen LogP contribution in [0.5, 0.6) is 0 Å². The van der Waals surface area contributed by atoms with Crippen LogP contribution in [-0.4, -0.2) is 25.7 Å². The SMILES string of the molecule is CC/C(C)=N\NC(=O)c1ccc(N(C)C)cc1. The molecule has 17 heavy (non-hydrogen) atoms. The largest absolute Gasteiger partial charge is 0.378 e. The first-order chi connectivity index (χ1) is 8.04. The molecule has 0 unspecified atom stereocenters. The molecule has 0 bridgehead atoms. The summed E-state index contributed by atoms with van der Waals surface area (Å²) in [6.07, 6.45) is 0.833. The van der Waals surface area contributed by atoms with Crippen LogP contribution in [-0.2, 0) is 0 Å². The number of hydrogen-bond donors (Lipinski definition) is 1. The predicted molar refractivity (Wildman–Crippen MR) is 71.6 cm³/mol. The minimum Gasteiger partial charge on any atom is -0.378 e. The third-order valence-electron chi connectivity index (χ3n) is 2.51. The highest BCUT2D eigenvalue weighted by atomic mass is 16.2. The molecule has 0 aliphatic carbocycles. The number of rotatable bonds is 4. The molecule has 0 heterocycles. The second-order valence-corrected chi connectivity index (χ2v) is 4.08. The van der Waals surface area contributed by atoms with E-state index in [0.717, 1.165) is 17.8 Å². The van der Waals surface area contributed by atoms with Gasteiger partial charge < -0.3 is 4.90 Å². The van der Waals surface area contributed by atoms with Gasteiger partial charge in [-0.1, -0.05) is 6.92 Å². The van der Waals surface area contributed by atoms with E-state index in [4.69, 9.17) is 0 Å². The summed E-state index contributed by atoms with van der Waals surface area (Å²) in [5.74, 6) is -0.178. The molecule has 1 amide bonds. The molecule has 0 saturated carbocycles. The van der Waals surface area contributed by atoms with Crippen LogP contribution >= 0.6 is 0 Å². The number of carbonyl (C=O) groups is 1. The number of amides is 1. The van der Waals surface area contributed by atoms with E-state index in [-0.39, 0.29) is 5.91 Å². The van der Waals surface area contributed by atoms with Crippen molar-refractivity contribution in [1.29, 1.82) is 0 Å². The normalized spacial score (nSPS) is 11.2. The van der Waals surface area contributed by atoms with Gasteiger partial charge in [0.05, 0.1) is 0 Å². The molecule has 0 saturated heterocycles. The average molecular weight is 233 g/mol. The zero-order valence-corrected chi connectivity index (χ0v) is 10.8. The van der Waals surface area contributed by atoms with Gasteiger partial charge in [-0.3, -0.25) is 4.79 Å². The summed E-state index contributed by atoms with van der Waals surface area (Å²) in [7, 11) is 3.92. The highest BCUT2D eigenvalue weighted by Crippen LogP contribution is 2.11. The molecule has 0 aliphatic heterocycles. The molecular weight excluding hydrogens is 214 g/mol. The van der Waals surface area contributed by atoms with E-state index < -0.39 is 0 Å². The van der Waals surface area contributed by atoms with E-state index in [9.17, 15) is 4.79 Å². The van der Waals surface area contributed by atoms with Crippen molar-refractivity contribution in [2.75, 3.05) is 19.0 Å². The standard InChI is InChI=1S/C13H19N3O/c1-5-10(2)14-15-13(17)11-6-8-12(9-7-11)16(3)4/h6-9H,5H2,1-4H3,(H,15,17)/b14-10-. The lowest BCUT2D eigenvalue weighted by molar-refractivity contribution is 0.0954.